The van der Waals surface area contributed by atoms with Crippen molar-refractivity contribution in [2.45, 2.75) is 26.4 Å². The number of carbonyl (C=O) groups is 1. The Bertz CT molecular complexity index is 707. The van der Waals surface area contributed by atoms with E-state index in [0.717, 1.165) is 32.7 Å². The van der Waals surface area contributed by atoms with Crippen molar-refractivity contribution in [3.8, 4) is 0 Å². The molecule has 0 spiro atoms. The summed E-state index contributed by atoms with van der Waals surface area (Å²) in [6.45, 7) is 8.22. The highest BCUT2D eigenvalue weighted by Crippen LogP contribution is 2.16. The van der Waals surface area contributed by atoms with Gasteiger partial charge in [-0.15, -0.1) is 0 Å². The summed E-state index contributed by atoms with van der Waals surface area (Å²) in [6, 6.07) is 8.28. The van der Waals surface area contributed by atoms with E-state index in [0.29, 0.717) is 5.02 Å². The molecule has 0 saturated carbocycles. The third-order valence-electron chi connectivity index (χ3n) is 4.50. The highest BCUT2D eigenvalue weighted by atomic mass is 35.5. The highest BCUT2D eigenvalue weighted by Gasteiger charge is 2.26. The van der Waals surface area contributed by atoms with Crippen LogP contribution in [0.2, 0.25) is 5.02 Å². The Morgan fingerprint density at radius 2 is 2.04 bits per heavy atom. The van der Waals surface area contributed by atoms with E-state index in [4.69, 9.17) is 11.6 Å². The van der Waals surface area contributed by atoms with Gasteiger partial charge in [0.25, 0.3) is 0 Å². The zero-order valence-electron chi connectivity index (χ0n) is 14.2. The Hall–Kier alpha value is -1.85. The topological polar surface area (TPSA) is 41.4 Å². The summed E-state index contributed by atoms with van der Waals surface area (Å²) in [7, 11) is 0. The van der Waals surface area contributed by atoms with Crippen LogP contribution in [0, 0.1) is 6.92 Å². The van der Waals surface area contributed by atoms with E-state index in [2.05, 4.69) is 41.2 Å². The molecule has 1 aromatic carbocycles. The summed E-state index contributed by atoms with van der Waals surface area (Å²) >= 11 is 5.89. The summed E-state index contributed by atoms with van der Waals surface area (Å²) in [5, 5.41) is 4.69. The molecule has 1 amide bonds. The Kier molecular flexibility index (Phi) is 5.21. The number of amides is 1. The Morgan fingerprint density at radius 1 is 1.29 bits per heavy atom. The van der Waals surface area contributed by atoms with Gasteiger partial charge in [0.05, 0.1) is 11.2 Å². The Balaban J connectivity index is 1.53. The van der Waals surface area contributed by atoms with Crippen LogP contribution in [0.1, 0.15) is 24.1 Å². The predicted molar refractivity (Wildman–Crippen MR) is 95.0 cm³/mol. The number of carbonyl (C=O) groups excluding carboxylic acids is 1. The molecule has 1 aromatic heterocycles. The van der Waals surface area contributed by atoms with E-state index < -0.39 is 0 Å². The lowest BCUT2D eigenvalue weighted by Gasteiger charge is -2.36. The molecule has 1 fully saturated rings. The number of rotatable bonds is 4. The summed E-state index contributed by atoms with van der Waals surface area (Å²) < 4.78 is 1.63. The van der Waals surface area contributed by atoms with Crippen molar-refractivity contribution in [3.05, 3.63) is 52.8 Å². The number of nitrogens with zero attached hydrogens (tertiary/aromatic N) is 4. The zero-order chi connectivity index (χ0) is 17.1. The van der Waals surface area contributed by atoms with Gasteiger partial charge >= 0.3 is 0 Å². The third kappa shape index (κ3) is 3.97. The van der Waals surface area contributed by atoms with E-state index in [1.54, 1.807) is 17.1 Å². The van der Waals surface area contributed by atoms with Crippen LogP contribution >= 0.6 is 11.6 Å². The van der Waals surface area contributed by atoms with Gasteiger partial charge in [-0.25, -0.2) is 0 Å². The van der Waals surface area contributed by atoms with E-state index in [1.807, 2.05) is 11.8 Å². The first-order valence-electron chi connectivity index (χ1n) is 8.29. The molecule has 2 aromatic rings. The number of aromatic nitrogens is 2. The smallest absolute Gasteiger partial charge is 0.247 e. The maximum Gasteiger partial charge on any atom is 0.247 e. The second-order valence-corrected chi connectivity index (χ2v) is 6.84. The molecule has 0 unspecified atom stereocenters. The molecule has 1 aliphatic rings. The zero-order valence-corrected chi connectivity index (χ0v) is 14.9. The van der Waals surface area contributed by atoms with E-state index >= 15 is 0 Å². The molecule has 1 aliphatic heterocycles. The minimum absolute atomic E-state index is 0.102. The van der Waals surface area contributed by atoms with Crippen LogP contribution in [-0.2, 0) is 11.3 Å². The summed E-state index contributed by atoms with van der Waals surface area (Å²) in [5.74, 6) is 0.102. The summed E-state index contributed by atoms with van der Waals surface area (Å²) in [5.41, 5.74) is 2.61. The number of hydrogen-bond acceptors (Lipinski definition) is 3. The normalized spacial score (nSPS) is 17.0. The quantitative estimate of drug-likeness (QED) is 0.854. The molecule has 128 valence electrons. The Labute approximate surface area is 147 Å². The van der Waals surface area contributed by atoms with Crippen LogP contribution in [0.4, 0.5) is 0 Å². The number of hydrogen-bond donors (Lipinski definition) is 0. The van der Waals surface area contributed by atoms with Crippen molar-refractivity contribution in [3.63, 3.8) is 0 Å². The van der Waals surface area contributed by atoms with E-state index in [-0.39, 0.29) is 11.9 Å². The first kappa shape index (κ1) is 17.0. The average molecular weight is 347 g/mol. The molecule has 2 heterocycles. The first-order chi connectivity index (χ1) is 11.5. The number of piperazine rings is 1. The third-order valence-corrected chi connectivity index (χ3v) is 4.69. The van der Waals surface area contributed by atoms with Crippen LogP contribution in [0.5, 0.6) is 0 Å². The summed E-state index contributed by atoms with van der Waals surface area (Å²) in [6.07, 6.45) is 3.25. The maximum atomic E-state index is 12.6. The molecule has 3 rings (SSSR count). The van der Waals surface area contributed by atoms with Gasteiger partial charge in [-0.3, -0.25) is 14.4 Å². The van der Waals surface area contributed by atoms with Gasteiger partial charge in [-0.05, 0) is 19.4 Å². The second kappa shape index (κ2) is 7.36. The van der Waals surface area contributed by atoms with Crippen LogP contribution in [0.25, 0.3) is 0 Å². The van der Waals surface area contributed by atoms with Crippen molar-refractivity contribution < 1.29 is 4.79 Å². The molecule has 0 aliphatic carbocycles. The lowest BCUT2D eigenvalue weighted by molar-refractivity contribution is -0.136. The largest absolute Gasteiger partial charge is 0.338 e. The van der Waals surface area contributed by atoms with Gasteiger partial charge < -0.3 is 4.90 Å². The average Bonchev–Trinajstić information content (AvgIpc) is 3.01. The van der Waals surface area contributed by atoms with Gasteiger partial charge in [0.1, 0.15) is 6.04 Å². The molecule has 0 radical (unpaired) electrons. The molecular formula is C18H23ClN4O. The molecule has 1 atom stereocenters. The fourth-order valence-corrected chi connectivity index (χ4v) is 3.24. The van der Waals surface area contributed by atoms with Gasteiger partial charge in [0.15, 0.2) is 0 Å². The van der Waals surface area contributed by atoms with Gasteiger partial charge in [-0.1, -0.05) is 41.4 Å². The Morgan fingerprint density at radius 3 is 2.67 bits per heavy atom. The van der Waals surface area contributed by atoms with Crippen molar-refractivity contribution in [2.24, 2.45) is 0 Å². The van der Waals surface area contributed by atoms with Gasteiger partial charge in [0, 0.05) is 38.9 Å². The standard InChI is InChI=1S/C18H23ClN4O/c1-14-4-3-5-16(10-14)12-21-6-8-22(9-7-21)18(24)15(2)23-13-17(19)11-20-23/h3-5,10-11,13,15H,6-9,12H2,1-2H3/t15-/m1/s1. The fourth-order valence-electron chi connectivity index (χ4n) is 3.10. The monoisotopic (exact) mass is 346 g/mol. The SMILES string of the molecule is Cc1cccc(CN2CCN(C(=O)[C@@H](C)n3cc(Cl)cn3)CC2)c1. The number of aryl methyl sites for hydroxylation is 1. The number of benzene rings is 1. The van der Waals surface area contributed by atoms with E-state index in [1.165, 1.54) is 11.1 Å². The van der Waals surface area contributed by atoms with Crippen LogP contribution < -0.4 is 0 Å². The van der Waals surface area contributed by atoms with Gasteiger partial charge in [0.2, 0.25) is 5.91 Å². The lowest BCUT2D eigenvalue weighted by Crippen LogP contribution is -2.49. The fraction of sp³-hybridized carbons (Fsp3) is 0.444. The van der Waals surface area contributed by atoms with Crippen molar-refractivity contribution in [1.82, 2.24) is 19.6 Å². The summed E-state index contributed by atoms with van der Waals surface area (Å²) in [4.78, 5) is 16.9. The molecule has 5 nitrogen and oxygen atoms in total. The van der Waals surface area contributed by atoms with Crippen molar-refractivity contribution >= 4 is 17.5 Å². The second-order valence-electron chi connectivity index (χ2n) is 6.41. The van der Waals surface area contributed by atoms with Crippen LogP contribution in [0.15, 0.2) is 36.7 Å². The van der Waals surface area contributed by atoms with Crippen LogP contribution in [-0.4, -0.2) is 51.7 Å². The number of halogens is 1. The predicted octanol–water partition coefficient (Wildman–Crippen LogP) is 2.75. The first-order valence-corrected chi connectivity index (χ1v) is 8.67. The molecule has 6 heteroatoms. The highest BCUT2D eigenvalue weighted by molar-refractivity contribution is 6.30. The molecular weight excluding hydrogens is 324 g/mol. The van der Waals surface area contributed by atoms with Crippen LogP contribution in [0.3, 0.4) is 0 Å². The van der Waals surface area contributed by atoms with Crippen molar-refractivity contribution in [2.75, 3.05) is 26.2 Å². The lowest BCUT2D eigenvalue weighted by atomic mass is 10.1. The van der Waals surface area contributed by atoms with E-state index in [9.17, 15) is 4.79 Å². The minimum Gasteiger partial charge on any atom is -0.338 e. The molecule has 24 heavy (non-hydrogen) atoms. The minimum atomic E-state index is -0.319. The molecule has 0 bridgehead atoms. The molecule has 0 N–H and O–H groups in total. The van der Waals surface area contributed by atoms with Gasteiger partial charge in [-0.2, -0.15) is 5.10 Å². The maximum absolute atomic E-state index is 12.6. The van der Waals surface area contributed by atoms with Crippen molar-refractivity contribution in [1.29, 1.82) is 0 Å². The molecule has 1 saturated heterocycles.